The van der Waals surface area contributed by atoms with Gasteiger partial charge >= 0.3 is 0 Å². The predicted octanol–water partition coefficient (Wildman–Crippen LogP) is 4.93. The van der Waals surface area contributed by atoms with Gasteiger partial charge in [-0.25, -0.2) is 8.42 Å². The molecular formula is C26H33Cl2N3O4S. The number of sulfonamides is 1. The van der Waals surface area contributed by atoms with E-state index in [2.05, 4.69) is 5.32 Å². The van der Waals surface area contributed by atoms with Gasteiger partial charge in [0.05, 0.1) is 17.0 Å². The Labute approximate surface area is 223 Å². The minimum absolute atomic E-state index is 0.0875. The Morgan fingerprint density at radius 2 is 1.75 bits per heavy atom. The average Bonchev–Trinajstić information content (AvgIpc) is 2.82. The average molecular weight is 555 g/mol. The van der Waals surface area contributed by atoms with Gasteiger partial charge in [-0.15, -0.1) is 0 Å². The largest absolute Gasteiger partial charge is 0.352 e. The van der Waals surface area contributed by atoms with Crippen molar-refractivity contribution < 1.29 is 18.0 Å². The van der Waals surface area contributed by atoms with Crippen LogP contribution >= 0.6 is 23.2 Å². The van der Waals surface area contributed by atoms with Gasteiger partial charge in [0.25, 0.3) is 0 Å². The van der Waals surface area contributed by atoms with Gasteiger partial charge in [-0.1, -0.05) is 66.7 Å². The molecule has 2 amide bonds. The Morgan fingerprint density at radius 1 is 1.08 bits per heavy atom. The van der Waals surface area contributed by atoms with Crippen molar-refractivity contribution in [3.63, 3.8) is 0 Å². The summed E-state index contributed by atoms with van der Waals surface area (Å²) in [5.74, 6) is -0.764. The molecule has 10 heteroatoms. The van der Waals surface area contributed by atoms with E-state index in [1.165, 1.54) is 23.1 Å². The molecule has 0 radical (unpaired) electrons. The van der Waals surface area contributed by atoms with Crippen LogP contribution in [0.3, 0.4) is 0 Å². The first-order valence-electron chi connectivity index (χ1n) is 12.0. The Hall–Kier alpha value is -2.29. The fourth-order valence-corrected chi connectivity index (χ4v) is 5.82. The van der Waals surface area contributed by atoms with Crippen LogP contribution in [0.5, 0.6) is 0 Å². The van der Waals surface area contributed by atoms with Crippen LogP contribution in [0.2, 0.25) is 10.0 Å². The first-order chi connectivity index (χ1) is 17.0. The van der Waals surface area contributed by atoms with Crippen LogP contribution in [0, 0.1) is 6.92 Å². The van der Waals surface area contributed by atoms with Crippen molar-refractivity contribution in [2.24, 2.45) is 0 Å². The summed E-state index contributed by atoms with van der Waals surface area (Å²) in [6, 6.07) is 11.3. The molecule has 36 heavy (non-hydrogen) atoms. The Kier molecular flexibility index (Phi) is 9.66. The van der Waals surface area contributed by atoms with Crippen molar-refractivity contribution in [1.82, 2.24) is 10.2 Å². The number of rotatable bonds is 9. The summed E-state index contributed by atoms with van der Waals surface area (Å²) in [5.41, 5.74) is 1.99. The zero-order chi connectivity index (χ0) is 26.5. The van der Waals surface area contributed by atoms with Crippen molar-refractivity contribution in [1.29, 1.82) is 0 Å². The van der Waals surface area contributed by atoms with E-state index in [1.54, 1.807) is 6.92 Å². The van der Waals surface area contributed by atoms with Crippen molar-refractivity contribution in [2.45, 2.75) is 64.6 Å². The molecule has 1 fully saturated rings. The molecule has 1 saturated carbocycles. The highest BCUT2D eigenvalue weighted by atomic mass is 35.5. The molecule has 1 N–H and O–H groups in total. The van der Waals surface area contributed by atoms with E-state index >= 15 is 0 Å². The fraction of sp³-hybridized carbons (Fsp3) is 0.462. The Balaban J connectivity index is 1.90. The maximum Gasteiger partial charge on any atom is 0.244 e. The van der Waals surface area contributed by atoms with Crippen LogP contribution in [0.25, 0.3) is 0 Å². The van der Waals surface area contributed by atoms with Crippen LogP contribution in [0.1, 0.15) is 50.2 Å². The van der Waals surface area contributed by atoms with Crippen LogP contribution < -0.4 is 9.62 Å². The molecule has 7 nitrogen and oxygen atoms in total. The first-order valence-corrected chi connectivity index (χ1v) is 14.6. The van der Waals surface area contributed by atoms with Gasteiger partial charge in [-0.2, -0.15) is 0 Å². The first kappa shape index (κ1) is 28.3. The van der Waals surface area contributed by atoms with Gasteiger partial charge in [0.15, 0.2) is 0 Å². The number of hydrogen-bond acceptors (Lipinski definition) is 4. The van der Waals surface area contributed by atoms with Gasteiger partial charge in [-0.3, -0.25) is 13.9 Å². The SMILES string of the molecule is Cc1ccccc1CN(C(=O)CN(c1ccc(Cl)cc1Cl)S(C)(=O)=O)C(C)C(=O)NC1CCCCC1. The summed E-state index contributed by atoms with van der Waals surface area (Å²) in [4.78, 5) is 28.3. The predicted molar refractivity (Wildman–Crippen MR) is 145 cm³/mol. The molecule has 196 valence electrons. The molecule has 1 aliphatic rings. The third kappa shape index (κ3) is 7.37. The molecule has 1 aliphatic carbocycles. The van der Waals surface area contributed by atoms with E-state index < -0.39 is 28.5 Å². The van der Waals surface area contributed by atoms with E-state index in [-0.39, 0.29) is 29.2 Å². The highest BCUT2D eigenvalue weighted by molar-refractivity contribution is 7.92. The topological polar surface area (TPSA) is 86.8 Å². The number of amides is 2. The van der Waals surface area contributed by atoms with Crippen molar-refractivity contribution in [3.8, 4) is 0 Å². The number of carbonyl (C=O) groups excluding carboxylic acids is 2. The highest BCUT2D eigenvalue weighted by Crippen LogP contribution is 2.30. The van der Waals surface area contributed by atoms with E-state index in [0.717, 1.165) is 53.8 Å². The smallest absolute Gasteiger partial charge is 0.244 e. The fourth-order valence-electron chi connectivity index (χ4n) is 4.40. The van der Waals surface area contributed by atoms with Gasteiger partial charge in [-0.05, 0) is 56.0 Å². The molecule has 0 spiro atoms. The maximum atomic E-state index is 13.7. The summed E-state index contributed by atoms with van der Waals surface area (Å²) in [6.45, 7) is 3.26. The third-order valence-electron chi connectivity index (χ3n) is 6.58. The second kappa shape index (κ2) is 12.3. The molecule has 1 atom stereocenters. The summed E-state index contributed by atoms with van der Waals surface area (Å²) in [5, 5.41) is 3.54. The van der Waals surface area contributed by atoms with Crippen LogP contribution in [-0.4, -0.2) is 50.0 Å². The van der Waals surface area contributed by atoms with Gasteiger partial charge in [0, 0.05) is 17.6 Å². The molecule has 0 aromatic heterocycles. The van der Waals surface area contributed by atoms with Gasteiger partial charge < -0.3 is 10.2 Å². The van der Waals surface area contributed by atoms with Gasteiger partial charge in [0.2, 0.25) is 21.8 Å². The lowest BCUT2D eigenvalue weighted by Crippen LogP contribution is -2.53. The van der Waals surface area contributed by atoms with E-state index in [9.17, 15) is 18.0 Å². The number of halogens is 2. The summed E-state index contributed by atoms with van der Waals surface area (Å²) in [6.07, 6.45) is 6.14. The monoisotopic (exact) mass is 553 g/mol. The third-order valence-corrected chi connectivity index (χ3v) is 8.24. The van der Waals surface area contributed by atoms with Crippen LogP contribution in [0.15, 0.2) is 42.5 Å². The number of nitrogens with one attached hydrogen (secondary N) is 1. The zero-order valence-electron chi connectivity index (χ0n) is 20.8. The molecule has 1 unspecified atom stereocenters. The quantitative estimate of drug-likeness (QED) is 0.476. The number of aryl methyl sites for hydroxylation is 1. The normalized spacial score (nSPS) is 15.2. The number of benzene rings is 2. The summed E-state index contributed by atoms with van der Waals surface area (Å²) >= 11 is 12.3. The van der Waals surface area contributed by atoms with Gasteiger partial charge in [0.1, 0.15) is 12.6 Å². The number of carbonyl (C=O) groups is 2. The molecule has 0 bridgehead atoms. The molecule has 0 saturated heterocycles. The highest BCUT2D eigenvalue weighted by Gasteiger charge is 2.32. The second-order valence-electron chi connectivity index (χ2n) is 9.33. The Bertz CT molecular complexity index is 1200. The number of anilines is 1. The molecule has 2 aromatic carbocycles. The lowest BCUT2D eigenvalue weighted by molar-refractivity contribution is -0.139. The maximum absolute atomic E-state index is 13.7. The lowest BCUT2D eigenvalue weighted by Gasteiger charge is -2.33. The molecule has 0 heterocycles. The minimum atomic E-state index is -3.87. The van der Waals surface area contributed by atoms with Crippen LogP contribution in [-0.2, 0) is 26.2 Å². The van der Waals surface area contributed by atoms with Crippen molar-refractivity contribution in [2.75, 3.05) is 17.1 Å². The lowest BCUT2D eigenvalue weighted by atomic mass is 9.95. The number of hydrogen-bond donors (Lipinski definition) is 1. The van der Waals surface area contributed by atoms with Crippen LogP contribution in [0.4, 0.5) is 5.69 Å². The van der Waals surface area contributed by atoms with Crippen molar-refractivity contribution >= 4 is 50.7 Å². The van der Waals surface area contributed by atoms with E-state index in [1.807, 2.05) is 31.2 Å². The van der Waals surface area contributed by atoms with E-state index in [4.69, 9.17) is 23.2 Å². The molecule has 3 rings (SSSR count). The number of nitrogens with zero attached hydrogens (tertiary/aromatic N) is 2. The minimum Gasteiger partial charge on any atom is -0.352 e. The van der Waals surface area contributed by atoms with E-state index in [0.29, 0.717) is 5.02 Å². The zero-order valence-corrected chi connectivity index (χ0v) is 23.2. The standard InChI is InChI=1S/C26H33Cl2N3O4S/c1-18-9-7-8-10-20(18)16-30(19(2)26(33)29-22-11-5-4-6-12-22)25(32)17-31(36(3,34)35)24-14-13-21(27)15-23(24)28/h7-10,13-15,19,22H,4-6,11-12,16-17H2,1-3H3,(H,29,33). The summed E-state index contributed by atoms with van der Waals surface area (Å²) < 4.78 is 26.3. The Morgan fingerprint density at radius 3 is 2.36 bits per heavy atom. The molecule has 0 aliphatic heterocycles. The van der Waals surface area contributed by atoms with Crippen molar-refractivity contribution in [3.05, 3.63) is 63.6 Å². The summed E-state index contributed by atoms with van der Waals surface area (Å²) in [7, 11) is -3.87. The molecule has 2 aromatic rings. The second-order valence-corrected chi connectivity index (χ2v) is 12.1. The molecular weight excluding hydrogens is 521 g/mol.